The maximum atomic E-state index is 9.95. The number of aliphatic hydroxyl groups excluding tert-OH is 1. The Morgan fingerprint density at radius 1 is 0.946 bits per heavy atom. The van der Waals surface area contributed by atoms with Crippen molar-refractivity contribution in [2.24, 2.45) is 0 Å². The molecule has 0 bridgehead atoms. The molecular formula is C27H22ClN5O4. The highest BCUT2D eigenvalue weighted by molar-refractivity contribution is 6.34. The Morgan fingerprint density at radius 2 is 1.68 bits per heavy atom. The predicted molar refractivity (Wildman–Crippen MR) is 137 cm³/mol. The highest BCUT2D eigenvalue weighted by atomic mass is 35.5. The summed E-state index contributed by atoms with van der Waals surface area (Å²) in [5.74, 6) is 0. The van der Waals surface area contributed by atoms with Gasteiger partial charge in [0.15, 0.2) is 6.10 Å². The van der Waals surface area contributed by atoms with E-state index in [1.807, 2.05) is 30.5 Å². The fraction of sp³-hybridized carbons (Fsp3) is 0.222. The molecule has 3 aromatic carbocycles. The lowest BCUT2D eigenvalue weighted by Gasteiger charge is -2.15. The van der Waals surface area contributed by atoms with Gasteiger partial charge in [-0.15, -0.1) is 5.10 Å². The summed E-state index contributed by atoms with van der Waals surface area (Å²) in [4.78, 5) is 7.79. The fourth-order valence-electron chi connectivity index (χ4n) is 4.97. The number of nitrogens with one attached hydrogen (secondary N) is 1. The first-order valence-electron chi connectivity index (χ1n) is 12.0. The molecule has 4 heterocycles. The van der Waals surface area contributed by atoms with Gasteiger partial charge in [0, 0.05) is 5.56 Å². The molecule has 186 valence electrons. The first kappa shape index (κ1) is 22.4. The van der Waals surface area contributed by atoms with Crippen molar-refractivity contribution >= 4 is 22.6 Å². The van der Waals surface area contributed by atoms with Gasteiger partial charge in [0.25, 0.3) is 6.01 Å². The van der Waals surface area contributed by atoms with E-state index in [-0.39, 0.29) is 24.9 Å². The second-order valence-electron chi connectivity index (χ2n) is 9.18. The summed E-state index contributed by atoms with van der Waals surface area (Å²) in [6.45, 7) is 0.590. The van der Waals surface area contributed by atoms with Crippen molar-refractivity contribution in [1.29, 1.82) is 0 Å². The average molecular weight is 516 g/mol. The number of hydrogen-bond acceptors (Lipinski definition) is 7. The Bertz CT molecular complexity index is 1550. The van der Waals surface area contributed by atoms with Crippen molar-refractivity contribution in [2.45, 2.75) is 24.4 Å². The Labute approximate surface area is 216 Å². The third-order valence-corrected chi connectivity index (χ3v) is 7.19. The minimum atomic E-state index is -0.624. The van der Waals surface area contributed by atoms with E-state index in [2.05, 4.69) is 56.7 Å². The van der Waals surface area contributed by atoms with Crippen molar-refractivity contribution in [3.05, 3.63) is 78.1 Å². The van der Waals surface area contributed by atoms with Crippen LogP contribution >= 0.6 is 11.6 Å². The molecular weight excluding hydrogens is 494 g/mol. The fourth-order valence-corrected chi connectivity index (χ4v) is 5.24. The van der Waals surface area contributed by atoms with Crippen LogP contribution in [-0.2, 0) is 9.47 Å². The van der Waals surface area contributed by atoms with Gasteiger partial charge < -0.3 is 24.3 Å². The average Bonchev–Trinajstić information content (AvgIpc) is 3.71. The quantitative estimate of drug-likeness (QED) is 0.364. The number of imidazole rings is 1. The summed E-state index contributed by atoms with van der Waals surface area (Å²) in [6.07, 6.45) is 1.84. The zero-order valence-corrected chi connectivity index (χ0v) is 20.2. The maximum absolute atomic E-state index is 9.95. The van der Waals surface area contributed by atoms with E-state index in [0.29, 0.717) is 17.6 Å². The predicted octanol–water partition coefficient (Wildman–Crippen LogP) is 4.04. The van der Waals surface area contributed by atoms with Crippen molar-refractivity contribution in [3.63, 3.8) is 0 Å². The van der Waals surface area contributed by atoms with Crippen molar-refractivity contribution in [3.8, 4) is 34.0 Å². The normalized spacial score (nSPS) is 23.0. The minimum Gasteiger partial charge on any atom is -0.456 e. The largest absolute Gasteiger partial charge is 0.456 e. The van der Waals surface area contributed by atoms with Gasteiger partial charge in [0.05, 0.1) is 47.4 Å². The van der Waals surface area contributed by atoms with Crippen LogP contribution in [0.4, 0.5) is 0 Å². The number of aliphatic hydroxyl groups is 1. The number of benzene rings is 3. The number of ether oxygens (including phenoxy) is 3. The highest BCUT2D eigenvalue weighted by Crippen LogP contribution is 2.35. The van der Waals surface area contributed by atoms with E-state index in [1.165, 1.54) is 0 Å². The van der Waals surface area contributed by atoms with Gasteiger partial charge in [-0.3, -0.25) is 0 Å². The monoisotopic (exact) mass is 515 g/mol. The molecule has 9 nitrogen and oxygen atoms in total. The van der Waals surface area contributed by atoms with Gasteiger partial charge >= 0.3 is 0 Å². The molecule has 0 unspecified atom stereocenters. The lowest BCUT2D eigenvalue weighted by atomic mass is 10.00. The summed E-state index contributed by atoms with van der Waals surface area (Å²) in [5, 5.41) is 18.4. The van der Waals surface area contributed by atoms with Crippen LogP contribution in [0, 0.1) is 0 Å². The topological polar surface area (TPSA) is 107 Å². The number of fused-ring (bicyclic) bond motifs is 2. The summed E-state index contributed by atoms with van der Waals surface area (Å²) < 4.78 is 19.0. The Hall–Kier alpha value is -3.76. The molecule has 2 N–H and O–H groups in total. The molecule has 0 aliphatic carbocycles. The summed E-state index contributed by atoms with van der Waals surface area (Å²) in [6, 6.07) is 20.6. The Kier molecular flexibility index (Phi) is 5.44. The van der Waals surface area contributed by atoms with E-state index in [4.69, 9.17) is 25.8 Å². The number of nitrogens with zero attached hydrogens (tertiary/aromatic N) is 4. The van der Waals surface area contributed by atoms with Crippen LogP contribution in [0.5, 0.6) is 6.01 Å². The summed E-state index contributed by atoms with van der Waals surface area (Å²) >= 11 is 6.66. The number of aromatic nitrogens is 5. The standard InChI is InChI=1S/C27H22ClN5O4/c28-20-12-22-21(30-27(31-22)37-24-14-36-25-23(34)13-35-26(24)25)11-19(20)17-3-1-15(2-4-17)16-5-7-18(8-6-16)33-10-9-29-32-33/h1-12,23-26,34H,13-14H2,(H,30,31)/t23-,24-,25-,26-/m1/s1. The number of rotatable bonds is 5. The lowest BCUT2D eigenvalue weighted by molar-refractivity contribution is 0.00706. The molecule has 4 atom stereocenters. The molecule has 10 heteroatoms. The Morgan fingerprint density at radius 3 is 2.43 bits per heavy atom. The second kappa shape index (κ2) is 8.97. The number of aromatic amines is 1. The summed E-state index contributed by atoms with van der Waals surface area (Å²) in [5.41, 5.74) is 6.53. The number of halogens is 1. The van der Waals surface area contributed by atoms with Crippen LogP contribution in [0.1, 0.15) is 0 Å². The molecule has 2 fully saturated rings. The first-order chi connectivity index (χ1) is 18.1. The number of H-pyrrole nitrogens is 1. The molecule has 0 amide bonds. The zero-order valence-electron chi connectivity index (χ0n) is 19.5. The molecule has 2 aliphatic rings. The van der Waals surface area contributed by atoms with E-state index in [1.54, 1.807) is 10.9 Å². The van der Waals surface area contributed by atoms with Crippen LogP contribution in [0.2, 0.25) is 5.02 Å². The highest BCUT2D eigenvalue weighted by Gasteiger charge is 2.48. The third kappa shape index (κ3) is 4.06. The van der Waals surface area contributed by atoms with Crippen molar-refractivity contribution in [2.75, 3.05) is 13.2 Å². The van der Waals surface area contributed by atoms with E-state index in [9.17, 15) is 5.11 Å². The molecule has 0 radical (unpaired) electrons. The van der Waals surface area contributed by atoms with Gasteiger partial charge in [0.1, 0.15) is 18.3 Å². The smallest absolute Gasteiger partial charge is 0.295 e. The van der Waals surface area contributed by atoms with Crippen LogP contribution in [0.25, 0.3) is 39.0 Å². The molecule has 0 spiro atoms. The third-order valence-electron chi connectivity index (χ3n) is 6.88. The second-order valence-corrected chi connectivity index (χ2v) is 9.59. The zero-order chi connectivity index (χ0) is 24.9. The molecule has 2 aliphatic heterocycles. The van der Waals surface area contributed by atoms with Crippen molar-refractivity contribution in [1.82, 2.24) is 25.0 Å². The van der Waals surface area contributed by atoms with Gasteiger partial charge in [-0.25, -0.2) is 4.68 Å². The van der Waals surface area contributed by atoms with E-state index < -0.39 is 6.10 Å². The van der Waals surface area contributed by atoms with Crippen LogP contribution < -0.4 is 4.74 Å². The van der Waals surface area contributed by atoms with Gasteiger partial charge in [-0.2, -0.15) is 4.98 Å². The van der Waals surface area contributed by atoms with Gasteiger partial charge in [-0.1, -0.05) is 53.2 Å². The van der Waals surface area contributed by atoms with E-state index >= 15 is 0 Å². The van der Waals surface area contributed by atoms with E-state index in [0.717, 1.165) is 39.0 Å². The minimum absolute atomic E-state index is 0.251. The first-order valence-corrected chi connectivity index (χ1v) is 12.3. The van der Waals surface area contributed by atoms with Crippen LogP contribution in [0.15, 0.2) is 73.1 Å². The number of hydrogen-bond donors (Lipinski definition) is 2. The molecule has 7 rings (SSSR count). The van der Waals surface area contributed by atoms with Crippen LogP contribution in [-0.4, -0.2) is 67.7 Å². The molecule has 2 saturated heterocycles. The molecule has 2 aromatic heterocycles. The molecule has 37 heavy (non-hydrogen) atoms. The molecule has 5 aromatic rings. The lowest BCUT2D eigenvalue weighted by Crippen LogP contribution is -2.34. The SMILES string of the molecule is O[C@@H]1CO[C@H]2[C@@H]1OC[C@H]2Oc1nc2cc(-c3ccc(-c4ccc(-n5ccnn5)cc4)cc3)c(Cl)cc2[nH]1. The van der Waals surface area contributed by atoms with Crippen LogP contribution in [0.3, 0.4) is 0 Å². The van der Waals surface area contributed by atoms with Gasteiger partial charge in [0.2, 0.25) is 0 Å². The maximum Gasteiger partial charge on any atom is 0.295 e. The summed E-state index contributed by atoms with van der Waals surface area (Å²) in [7, 11) is 0. The van der Waals surface area contributed by atoms with Gasteiger partial charge in [-0.05, 0) is 41.0 Å². The Balaban J connectivity index is 1.11. The molecule has 0 saturated carbocycles. The van der Waals surface area contributed by atoms with Crippen molar-refractivity contribution < 1.29 is 19.3 Å².